The highest BCUT2D eigenvalue weighted by atomic mass is 35.5. The van der Waals surface area contributed by atoms with Gasteiger partial charge in [0, 0.05) is 24.8 Å². The van der Waals surface area contributed by atoms with E-state index in [-0.39, 0.29) is 5.91 Å². The molecule has 1 heterocycles. The van der Waals surface area contributed by atoms with Crippen molar-refractivity contribution < 1.29 is 4.79 Å². The molecule has 0 saturated carbocycles. The first-order chi connectivity index (χ1) is 7.19. The van der Waals surface area contributed by atoms with Gasteiger partial charge in [0.2, 0.25) is 0 Å². The maximum absolute atomic E-state index is 11.9. The number of rotatable bonds is 5. The highest BCUT2D eigenvalue weighted by Crippen LogP contribution is 2.22. The minimum Gasteiger partial charge on any atom is -0.336 e. The van der Waals surface area contributed by atoms with Crippen LogP contribution in [0.5, 0.6) is 0 Å². The monoisotopic (exact) mass is 285 g/mol. The van der Waals surface area contributed by atoms with E-state index >= 15 is 0 Å². The summed E-state index contributed by atoms with van der Waals surface area (Å²) < 4.78 is 0.607. The molecule has 0 aliphatic rings. The van der Waals surface area contributed by atoms with Crippen LogP contribution < -0.4 is 0 Å². The lowest BCUT2D eigenvalue weighted by molar-refractivity contribution is 0.0780. The van der Waals surface area contributed by atoms with Gasteiger partial charge in [0.25, 0.3) is 5.91 Å². The van der Waals surface area contributed by atoms with Crippen molar-refractivity contribution in [3.8, 4) is 0 Å². The van der Waals surface area contributed by atoms with Crippen molar-refractivity contribution in [2.45, 2.75) is 0 Å². The Hall–Kier alpha value is 0.0400. The summed E-state index contributed by atoms with van der Waals surface area (Å²) in [5.74, 6) is 0.747. The zero-order chi connectivity index (χ0) is 11.3. The Labute approximate surface area is 108 Å². The van der Waals surface area contributed by atoms with Gasteiger partial charge in [0.05, 0.1) is 9.21 Å². The fourth-order valence-electron chi connectivity index (χ4n) is 1.10. The van der Waals surface area contributed by atoms with Gasteiger partial charge in [-0.05, 0) is 12.1 Å². The second-order valence-electron chi connectivity index (χ2n) is 2.77. The van der Waals surface area contributed by atoms with Gasteiger partial charge in [-0.2, -0.15) is 0 Å². The van der Waals surface area contributed by atoms with Gasteiger partial charge in [-0.3, -0.25) is 4.79 Å². The van der Waals surface area contributed by atoms with E-state index in [2.05, 4.69) is 0 Å². The van der Waals surface area contributed by atoms with Gasteiger partial charge in [0.15, 0.2) is 0 Å². The van der Waals surface area contributed by atoms with Crippen LogP contribution >= 0.6 is 46.1 Å². The Morgan fingerprint density at radius 2 is 1.87 bits per heavy atom. The molecule has 1 rings (SSSR count). The van der Waals surface area contributed by atoms with E-state index in [4.69, 9.17) is 34.8 Å². The first-order valence-corrected chi connectivity index (χ1v) is 6.62. The van der Waals surface area contributed by atoms with E-state index in [1.165, 1.54) is 11.3 Å². The van der Waals surface area contributed by atoms with Crippen molar-refractivity contribution >= 4 is 52.0 Å². The van der Waals surface area contributed by atoms with Crippen LogP contribution in [-0.4, -0.2) is 35.7 Å². The smallest absolute Gasteiger partial charge is 0.264 e. The fraction of sp³-hybridized carbons (Fsp3) is 0.444. The minimum absolute atomic E-state index is 0.0619. The standard InChI is InChI=1S/C9H10Cl3NOS/c10-3-5-13(6-4-11)9(14)7-1-2-8(12)15-7/h1-2H,3-6H2. The predicted molar refractivity (Wildman–Crippen MR) is 66.7 cm³/mol. The molecule has 0 aliphatic carbocycles. The van der Waals surface area contributed by atoms with Crippen molar-refractivity contribution in [3.63, 3.8) is 0 Å². The van der Waals surface area contributed by atoms with Crippen molar-refractivity contribution in [2.24, 2.45) is 0 Å². The highest BCUT2D eigenvalue weighted by Gasteiger charge is 2.16. The molecule has 0 atom stereocenters. The van der Waals surface area contributed by atoms with Crippen LogP contribution in [0.15, 0.2) is 12.1 Å². The Morgan fingerprint density at radius 3 is 2.27 bits per heavy atom. The summed E-state index contributed by atoms with van der Waals surface area (Å²) in [6.45, 7) is 1.01. The van der Waals surface area contributed by atoms with Crippen molar-refractivity contribution in [1.29, 1.82) is 0 Å². The molecule has 15 heavy (non-hydrogen) atoms. The van der Waals surface area contributed by atoms with Crippen LogP contribution in [0.25, 0.3) is 0 Å². The zero-order valence-electron chi connectivity index (χ0n) is 7.88. The fourth-order valence-corrected chi connectivity index (χ4v) is 2.52. The van der Waals surface area contributed by atoms with Crippen LogP contribution in [-0.2, 0) is 0 Å². The third-order valence-corrected chi connectivity index (χ3v) is 3.34. The summed E-state index contributed by atoms with van der Waals surface area (Å²) in [6.07, 6.45) is 0. The Kier molecular flexibility index (Phi) is 5.75. The van der Waals surface area contributed by atoms with Gasteiger partial charge in [-0.1, -0.05) is 11.6 Å². The van der Waals surface area contributed by atoms with Crippen molar-refractivity contribution in [3.05, 3.63) is 21.3 Å². The number of thiophene rings is 1. The molecular formula is C9H10Cl3NOS. The molecule has 0 N–H and O–H groups in total. The Bertz CT molecular complexity index is 323. The molecular weight excluding hydrogens is 277 g/mol. The molecule has 0 aromatic carbocycles. The van der Waals surface area contributed by atoms with Gasteiger partial charge in [-0.25, -0.2) is 0 Å². The van der Waals surface area contributed by atoms with Gasteiger partial charge < -0.3 is 4.90 Å². The van der Waals surface area contributed by atoms with Crippen LogP contribution in [0.1, 0.15) is 9.67 Å². The van der Waals surface area contributed by atoms with Crippen LogP contribution in [0.3, 0.4) is 0 Å². The number of carbonyl (C=O) groups excluding carboxylic acids is 1. The van der Waals surface area contributed by atoms with Gasteiger partial charge >= 0.3 is 0 Å². The summed E-state index contributed by atoms with van der Waals surface area (Å²) in [4.78, 5) is 14.1. The van der Waals surface area contributed by atoms with E-state index in [0.717, 1.165) is 0 Å². The molecule has 1 aromatic rings. The normalized spacial score (nSPS) is 10.3. The molecule has 0 aliphatic heterocycles. The largest absolute Gasteiger partial charge is 0.336 e. The molecule has 6 heteroatoms. The number of hydrogen-bond acceptors (Lipinski definition) is 2. The molecule has 84 valence electrons. The van der Waals surface area contributed by atoms with E-state index in [9.17, 15) is 4.79 Å². The number of alkyl halides is 2. The Morgan fingerprint density at radius 1 is 1.27 bits per heavy atom. The first kappa shape index (κ1) is 13.1. The molecule has 0 radical (unpaired) electrons. The van der Waals surface area contributed by atoms with E-state index in [1.807, 2.05) is 0 Å². The van der Waals surface area contributed by atoms with Crippen LogP contribution in [0.4, 0.5) is 0 Å². The molecule has 0 saturated heterocycles. The summed E-state index contributed by atoms with van der Waals surface area (Å²) >= 11 is 18.2. The molecule has 2 nitrogen and oxygen atoms in total. The summed E-state index contributed by atoms with van der Waals surface area (Å²) in [5.41, 5.74) is 0. The molecule has 1 aromatic heterocycles. The van der Waals surface area contributed by atoms with E-state index in [1.54, 1.807) is 17.0 Å². The summed E-state index contributed by atoms with van der Waals surface area (Å²) in [5, 5.41) is 0. The third-order valence-electron chi connectivity index (χ3n) is 1.78. The topological polar surface area (TPSA) is 20.3 Å². The van der Waals surface area contributed by atoms with Crippen LogP contribution in [0.2, 0.25) is 4.34 Å². The predicted octanol–water partition coefficient (Wildman–Crippen LogP) is 3.32. The second kappa shape index (κ2) is 6.59. The molecule has 0 bridgehead atoms. The SMILES string of the molecule is O=C(c1ccc(Cl)s1)N(CCCl)CCCl. The third kappa shape index (κ3) is 3.83. The first-order valence-electron chi connectivity index (χ1n) is 4.35. The molecule has 0 spiro atoms. The maximum Gasteiger partial charge on any atom is 0.264 e. The lowest BCUT2D eigenvalue weighted by Gasteiger charge is -2.19. The average Bonchev–Trinajstić information content (AvgIpc) is 2.63. The van der Waals surface area contributed by atoms with E-state index in [0.29, 0.717) is 34.1 Å². The minimum atomic E-state index is -0.0619. The van der Waals surface area contributed by atoms with Gasteiger partial charge in [-0.15, -0.1) is 34.5 Å². The van der Waals surface area contributed by atoms with E-state index < -0.39 is 0 Å². The number of hydrogen-bond donors (Lipinski definition) is 0. The number of halogens is 3. The van der Waals surface area contributed by atoms with Crippen LogP contribution in [0, 0.1) is 0 Å². The quantitative estimate of drug-likeness (QED) is 0.760. The molecule has 0 unspecified atom stereocenters. The lowest BCUT2D eigenvalue weighted by Crippen LogP contribution is -2.33. The number of nitrogens with zero attached hydrogens (tertiary/aromatic N) is 1. The number of amides is 1. The highest BCUT2D eigenvalue weighted by molar-refractivity contribution is 7.17. The van der Waals surface area contributed by atoms with Crippen molar-refractivity contribution in [2.75, 3.05) is 24.8 Å². The maximum atomic E-state index is 11.9. The second-order valence-corrected chi connectivity index (χ2v) is 5.24. The molecule has 0 fully saturated rings. The lowest BCUT2D eigenvalue weighted by atomic mass is 10.4. The molecule has 1 amide bonds. The zero-order valence-corrected chi connectivity index (χ0v) is 11.0. The van der Waals surface area contributed by atoms with Crippen molar-refractivity contribution in [1.82, 2.24) is 4.90 Å². The average molecular weight is 287 g/mol. The Balaban J connectivity index is 2.71. The summed E-state index contributed by atoms with van der Waals surface area (Å²) in [7, 11) is 0. The summed E-state index contributed by atoms with van der Waals surface area (Å²) in [6, 6.07) is 3.42. The number of carbonyl (C=O) groups is 1. The van der Waals surface area contributed by atoms with Gasteiger partial charge in [0.1, 0.15) is 0 Å².